The van der Waals surface area contributed by atoms with Crippen molar-refractivity contribution in [1.29, 1.82) is 0 Å². The molecule has 2 aliphatic rings. The summed E-state index contributed by atoms with van der Waals surface area (Å²) in [4.78, 5) is 27.6. The van der Waals surface area contributed by atoms with E-state index < -0.39 is 23.5 Å². The lowest BCUT2D eigenvalue weighted by Crippen LogP contribution is -2.29. The number of ether oxygens (including phenoxy) is 4. The lowest BCUT2D eigenvalue weighted by atomic mass is 9.98. The second kappa shape index (κ2) is 7.94. The predicted octanol–water partition coefficient (Wildman–Crippen LogP) is 3.65. The Morgan fingerprint density at radius 1 is 1.03 bits per heavy atom. The first-order valence-electron chi connectivity index (χ1n) is 10.00. The summed E-state index contributed by atoms with van der Waals surface area (Å²) in [6, 6.07) is 11.9. The quantitative estimate of drug-likeness (QED) is 0.357. The number of aliphatic hydroxyl groups excluding tert-OH is 1. The number of ketones is 1. The average molecular weight is 449 g/mol. The Bertz CT molecular complexity index is 1280. The Balaban J connectivity index is 1.69. The first-order chi connectivity index (χ1) is 16.0. The largest absolute Gasteiger partial charge is 0.507 e. The summed E-state index contributed by atoms with van der Waals surface area (Å²) >= 11 is 0. The number of fused-ring (bicyclic) bond motifs is 1. The zero-order valence-corrected chi connectivity index (χ0v) is 17.7. The van der Waals surface area contributed by atoms with E-state index in [1.165, 1.54) is 25.4 Å². The zero-order valence-electron chi connectivity index (χ0n) is 17.7. The first kappa shape index (κ1) is 20.5. The zero-order chi connectivity index (χ0) is 23.1. The molecule has 1 aromatic heterocycles. The summed E-state index contributed by atoms with van der Waals surface area (Å²) in [6.45, 7) is 0.0660. The van der Waals surface area contributed by atoms with Gasteiger partial charge in [0, 0.05) is 17.8 Å². The SMILES string of the molecule is COc1ccc(/C(O)=C2/C(=O)C(=O)N(c3ccc4c(c3)OCO4)C2c2ccco2)c(OC)c1. The summed E-state index contributed by atoms with van der Waals surface area (Å²) in [7, 11) is 2.93. The topological polar surface area (TPSA) is 108 Å². The maximum absolute atomic E-state index is 13.2. The van der Waals surface area contributed by atoms with Crippen LogP contribution in [0.25, 0.3) is 5.76 Å². The van der Waals surface area contributed by atoms with Gasteiger partial charge in [-0.1, -0.05) is 0 Å². The van der Waals surface area contributed by atoms with Crippen molar-refractivity contribution in [3.8, 4) is 23.0 Å². The van der Waals surface area contributed by atoms with E-state index in [9.17, 15) is 14.7 Å². The molecule has 3 aromatic rings. The molecule has 1 amide bonds. The smallest absolute Gasteiger partial charge is 0.300 e. The Morgan fingerprint density at radius 2 is 1.85 bits per heavy atom. The maximum Gasteiger partial charge on any atom is 0.300 e. The number of carbonyl (C=O) groups excluding carboxylic acids is 2. The van der Waals surface area contributed by atoms with E-state index in [-0.39, 0.29) is 23.7 Å². The lowest BCUT2D eigenvalue weighted by Gasteiger charge is -2.23. The monoisotopic (exact) mass is 449 g/mol. The molecule has 1 atom stereocenters. The molecule has 168 valence electrons. The van der Waals surface area contributed by atoms with Gasteiger partial charge in [-0.3, -0.25) is 14.5 Å². The number of hydrogen-bond acceptors (Lipinski definition) is 8. The van der Waals surface area contributed by atoms with Crippen LogP contribution in [0.15, 0.2) is 64.8 Å². The minimum absolute atomic E-state index is 0.0660. The van der Waals surface area contributed by atoms with Crippen LogP contribution in [0.4, 0.5) is 5.69 Å². The summed E-state index contributed by atoms with van der Waals surface area (Å²) < 4.78 is 26.9. The first-order valence-corrected chi connectivity index (χ1v) is 10.00. The molecule has 0 radical (unpaired) electrons. The molecule has 0 aliphatic carbocycles. The van der Waals surface area contributed by atoms with Crippen LogP contribution in [0.2, 0.25) is 0 Å². The lowest BCUT2D eigenvalue weighted by molar-refractivity contribution is -0.132. The molecule has 1 N–H and O–H groups in total. The van der Waals surface area contributed by atoms with Crippen LogP contribution >= 0.6 is 0 Å². The molecule has 0 saturated carbocycles. The van der Waals surface area contributed by atoms with E-state index in [4.69, 9.17) is 23.4 Å². The molecule has 1 fully saturated rings. The van der Waals surface area contributed by atoms with Gasteiger partial charge >= 0.3 is 0 Å². The number of anilines is 1. The molecule has 9 nitrogen and oxygen atoms in total. The van der Waals surface area contributed by atoms with Crippen molar-refractivity contribution in [3.63, 3.8) is 0 Å². The predicted molar refractivity (Wildman–Crippen MR) is 116 cm³/mol. The number of nitrogens with zero attached hydrogens (tertiary/aromatic N) is 1. The van der Waals surface area contributed by atoms with E-state index in [1.807, 2.05) is 0 Å². The van der Waals surface area contributed by atoms with Gasteiger partial charge in [-0.25, -0.2) is 0 Å². The summed E-state index contributed by atoms with van der Waals surface area (Å²) in [5.41, 5.74) is 0.498. The van der Waals surface area contributed by atoms with E-state index in [0.29, 0.717) is 28.7 Å². The minimum atomic E-state index is -1.01. The molecule has 2 aromatic carbocycles. The Labute approximate surface area is 188 Å². The fraction of sp³-hybridized carbons (Fsp3) is 0.167. The molecular weight excluding hydrogens is 430 g/mol. The van der Waals surface area contributed by atoms with Crippen molar-refractivity contribution < 1.29 is 38.1 Å². The number of benzene rings is 2. The number of amides is 1. The number of hydrogen-bond donors (Lipinski definition) is 1. The van der Waals surface area contributed by atoms with Gasteiger partial charge in [0.15, 0.2) is 11.5 Å². The standard InChI is InChI=1S/C24H19NO8/c1-29-14-6-7-15(18(11-14)30-2)22(26)20-21(17-4-3-9-31-17)25(24(28)23(20)27)13-5-8-16-19(10-13)33-12-32-16/h3-11,21,26H,12H2,1-2H3/b22-20-. The van der Waals surface area contributed by atoms with Crippen LogP contribution in [0.5, 0.6) is 23.0 Å². The van der Waals surface area contributed by atoms with Crippen molar-refractivity contribution in [2.24, 2.45) is 0 Å². The molecule has 3 heterocycles. The molecule has 0 bridgehead atoms. The van der Waals surface area contributed by atoms with E-state index >= 15 is 0 Å². The van der Waals surface area contributed by atoms with Crippen LogP contribution < -0.4 is 23.8 Å². The Kier molecular flexibility index (Phi) is 4.93. The fourth-order valence-electron chi connectivity index (χ4n) is 3.99. The normalized spacial score (nSPS) is 18.6. The number of aliphatic hydroxyl groups is 1. The Hall–Kier alpha value is -4.40. The molecule has 2 aliphatic heterocycles. The third-order valence-electron chi connectivity index (χ3n) is 5.56. The molecule has 1 saturated heterocycles. The van der Waals surface area contributed by atoms with Crippen LogP contribution in [0.3, 0.4) is 0 Å². The third kappa shape index (κ3) is 3.25. The van der Waals surface area contributed by atoms with Crippen molar-refractivity contribution in [3.05, 3.63) is 71.7 Å². The number of rotatable bonds is 5. The third-order valence-corrected chi connectivity index (χ3v) is 5.56. The molecule has 33 heavy (non-hydrogen) atoms. The highest BCUT2D eigenvalue weighted by Crippen LogP contribution is 2.45. The van der Waals surface area contributed by atoms with Crippen LogP contribution in [-0.2, 0) is 9.59 Å². The summed E-state index contributed by atoms with van der Waals surface area (Å²) in [5, 5.41) is 11.2. The molecule has 1 unspecified atom stereocenters. The maximum atomic E-state index is 13.2. The molecule has 0 spiro atoms. The van der Waals surface area contributed by atoms with Crippen molar-refractivity contribution in [2.45, 2.75) is 6.04 Å². The van der Waals surface area contributed by atoms with Gasteiger partial charge in [0.25, 0.3) is 11.7 Å². The van der Waals surface area contributed by atoms with Gasteiger partial charge in [-0.2, -0.15) is 0 Å². The summed E-state index contributed by atoms with van der Waals surface area (Å²) in [5.74, 6) is 0.00974. The molecular formula is C24H19NO8. The van der Waals surface area contributed by atoms with Gasteiger partial charge in [-0.15, -0.1) is 0 Å². The Morgan fingerprint density at radius 3 is 2.58 bits per heavy atom. The second-order valence-corrected chi connectivity index (χ2v) is 7.29. The average Bonchev–Trinajstić information content (AvgIpc) is 3.58. The number of methoxy groups -OCH3 is 2. The number of furan rings is 1. The number of carbonyl (C=O) groups is 2. The number of Topliss-reactive ketones (excluding diaryl/α,β-unsaturated/α-hetero) is 1. The highest BCUT2D eigenvalue weighted by Gasteiger charge is 2.48. The molecule has 9 heteroatoms. The second-order valence-electron chi connectivity index (χ2n) is 7.29. The van der Waals surface area contributed by atoms with Gasteiger partial charge in [0.2, 0.25) is 6.79 Å². The van der Waals surface area contributed by atoms with E-state index in [2.05, 4.69) is 0 Å². The van der Waals surface area contributed by atoms with Gasteiger partial charge < -0.3 is 28.5 Å². The fourth-order valence-corrected chi connectivity index (χ4v) is 3.99. The van der Waals surface area contributed by atoms with Gasteiger partial charge in [0.1, 0.15) is 29.1 Å². The van der Waals surface area contributed by atoms with Gasteiger partial charge in [-0.05, 0) is 36.4 Å². The highest BCUT2D eigenvalue weighted by atomic mass is 16.7. The minimum Gasteiger partial charge on any atom is -0.507 e. The van der Waals surface area contributed by atoms with Crippen LogP contribution in [0.1, 0.15) is 17.4 Å². The highest BCUT2D eigenvalue weighted by molar-refractivity contribution is 6.51. The van der Waals surface area contributed by atoms with Crippen LogP contribution in [0, 0.1) is 0 Å². The van der Waals surface area contributed by atoms with Crippen molar-refractivity contribution in [1.82, 2.24) is 0 Å². The molecule has 5 rings (SSSR count). The van der Waals surface area contributed by atoms with E-state index in [0.717, 1.165) is 0 Å². The van der Waals surface area contributed by atoms with E-state index in [1.54, 1.807) is 48.5 Å². The van der Waals surface area contributed by atoms with Crippen molar-refractivity contribution >= 4 is 23.1 Å². The van der Waals surface area contributed by atoms with Crippen molar-refractivity contribution in [2.75, 3.05) is 25.9 Å². The van der Waals surface area contributed by atoms with Gasteiger partial charge in [0.05, 0.1) is 31.6 Å². The van der Waals surface area contributed by atoms with Crippen LogP contribution in [-0.4, -0.2) is 37.8 Å². The summed E-state index contributed by atoms with van der Waals surface area (Å²) in [6.07, 6.45) is 1.43.